The quantitative estimate of drug-likeness (QED) is 0.815. The molecule has 1 saturated heterocycles. The van der Waals surface area contributed by atoms with Crippen molar-refractivity contribution in [2.24, 2.45) is 0 Å². The first-order chi connectivity index (χ1) is 13.6. The molecule has 1 aliphatic heterocycles. The minimum atomic E-state index is -0.311. The number of hydrogen-bond donors (Lipinski definition) is 0. The van der Waals surface area contributed by atoms with Gasteiger partial charge in [-0.1, -0.05) is 12.1 Å². The molecule has 148 valence electrons. The third-order valence-corrected chi connectivity index (χ3v) is 5.29. The zero-order valence-corrected chi connectivity index (χ0v) is 16.4. The van der Waals surface area contributed by atoms with Gasteiger partial charge in [-0.2, -0.15) is 5.10 Å². The summed E-state index contributed by atoms with van der Waals surface area (Å²) in [6.45, 7) is 6.16. The maximum absolute atomic E-state index is 13.0. The molecule has 4 rings (SSSR count). The third kappa shape index (κ3) is 3.74. The summed E-state index contributed by atoms with van der Waals surface area (Å²) in [7, 11) is 0. The van der Waals surface area contributed by atoms with Crippen LogP contribution in [0.2, 0.25) is 0 Å². The summed E-state index contributed by atoms with van der Waals surface area (Å²) in [6, 6.07) is 10.1. The Kier molecular flexibility index (Phi) is 5.07. The fourth-order valence-electron chi connectivity index (χ4n) is 3.61. The number of ether oxygens (including phenoxy) is 1. The van der Waals surface area contributed by atoms with Crippen LogP contribution in [0.15, 0.2) is 30.3 Å². The molecular formula is C21H26N4O3. The van der Waals surface area contributed by atoms with E-state index in [1.807, 2.05) is 22.9 Å². The van der Waals surface area contributed by atoms with E-state index in [1.54, 1.807) is 16.7 Å². The zero-order valence-electron chi connectivity index (χ0n) is 16.4. The molecule has 2 heterocycles. The van der Waals surface area contributed by atoms with Gasteiger partial charge in [0.05, 0.1) is 12.3 Å². The number of carbonyl (C=O) groups excluding carboxylic acids is 2. The standard InChI is InChI=1S/C21H26N4O3/c1-3-28-21(27)24-11-9-23(10-12-24)20(26)18-14-19(16-7-8-16)25(22-18)17-6-4-5-15(2)13-17/h4-6,13-14,16H,3,7-12H2,1-2H3. The lowest BCUT2D eigenvalue weighted by atomic mass is 10.2. The Morgan fingerprint density at radius 1 is 1.11 bits per heavy atom. The number of nitrogens with zero attached hydrogens (tertiary/aromatic N) is 4. The average molecular weight is 382 g/mol. The average Bonchev–Trinajstić information content (AvgIpc) is 3.46. The Bertz CT molecular complexity index is 880. The van der Waals surface area contributed by atoms with Crippen molar-refractivity contribution < 1.29 is 14.3 Å². The Morgan fingerprint density at radius 3 is 2.46 bits per heavy atom. The van der Waals surface area contributed by atoms with Gasteiger partial charge in [-0.05, 0) is 50.5 Å². The van der Waals surface area contributed by atoms with Crippen molar-refractivity contribution in [2.45, 2.75) is 32.6 Å². The van der Waals surface area contributed by atoms with E-state index in [0.29, 0.717) is 44.4 Å². The smallest absolute Gasteiger partial charge is 0.409 e. The number of hydrogen-bond acceptors (Lipinski definition) is 4. The molecule has 2 amide bonds. The Balaban J connectivity index is 1.51. The van der Waals surface area contributed by atoms with E-state index in [2.05, 4.69) is 24.2 Å². The number of aryl methyl sites for hydroxylation is 1. The van der Waals surface area contributed by atoms with Crippen LogP contribution in [0.5, 0.6) is 0 Å². The Labute approximate surface area is 164 Å². The number of rotatable bonds is 4. The topological polar surface area (TPSA) is 67.7 Å². The van der Waals surface area contributed by atoms with Crippen LogP contribution < -0.4 is 0 Å². The van der Waals surface area contributed by atoms with Crippen molar-refractivity contribution in [2.75, 3.05) is 32.8 Å². The van der Waals surface area contributed by atoms with Crippen LogP contribution in [-0.2, 0) is 4.74 Å². The van der Waals surface area contributed by atoms with E-state index in [-0.39, 0.29) is 12.0 Å². The molecular weight excluding hydrogens is 356 g/mol. The fourth-order valence-corrected chi connectivity index (χ4v) is 3.61. The summed E-state index contributed by atoms with van der Waals surface area (Å²) in [5, 5.41) is 4.66. The van der Waals surface area contributed by atoms with E-state index >= 15 is 0 Å². The van der Waals surface area contributed by atoms with E-state index in [0.717, 1.165) is 29.8 Å². The molecule has 1 aromatic heterocycles. The van der Waals surface area contributed by atoms with Crippen molar-refractivity contribution in [3.63, 3.8) is 0 Å². The molecule has 0 bridgehead atoms. The van der Waals surface area contributed by atoms with Gasteiger partial charge in [-0.3, -0.25) is 4.79 Å². The van der Waals surface area contributed by atoms with Gasteiger partial charge in [0.1, 0.15) is 0 Å². The van der Waals surface area contributed by atoms with Crippen molar-refractivity contribution in [3.8, 4) is 5.69 Å². The summed E-state index contributed by atoms with van der Waals surface area (Å²) in [4.78, 5) is 28.3. The van der Waals surface area contributed by atoms with Crippen LogP contribution in [0.4, 0.5) is 4.79 Å². The van der Waals surface area contributed by atoms with Gasteiger partial charge in [0.15, 0.2) is 5.69 Å². The predicted octanol–water partition coefficient (Wildman–Crippen LogP) is 2.97. The number of carbonyl (C=O) groups is 2. The Morgan fingerprint density at radius 2 is 1.82 bits per heavy atom. The van der Waals surface area contributed by atoms with Crippen molar-refractivity contribution in [1.82, 2.24) is 19.6 Å². The lowest BCUT2D eigenvalue weighted by Crippen LogP contribution is -2.50. The van der Waals surface area contributed by atoms with Gasteiger partial charge in [0, 0.05) is 37.8 Å². The van der Waals surface area contributed by atoms with E-state index in [4.69, 9.17) is 4.74 Å². The molecule has 0 spiro atoms. The molecule has 7 heteroatoms. The molecule has 2 fully saturated rings. The number of aromatic nitrogens is 2. The zero-order chi connectivity index (χ0) is 19.7. The van der Waals surface area contributed by atoms with Crippen LogP contribution in [0.25, 0.3) is 5.69 Å². The van der Waals surface area contributed by atoms with Crippen LogP contribution in [0.3, 0.4) is 0 Å². The molecule has 28 heavy (non-hydrogen) atoms. The van der Waals surface area contributed by atoms with Gasteiger partial charge >= 0.3 is 6.09 Å². The van der Waals surface area contributed by atoms with Gasteiger partial charge in [0.25, 0.3) is 5.91 Å². The van der Waals surface area contributed by atoms with Crippen LogP contribution >= 0.6 is 0 Å². The van der Waals surface area contributed by atoms with Gasteiger partial charge in [0.2, 0.25) is 0 Å². The highest BCUT2D eigenvalue weighted by atomic mass is 16.6. The minimum Gasteiger partial charge on any atom is -0.450 e. The first-order valence-electron chi connectivity index (χ1n) is 9.94. The van der Waals surface area contributed by atoms with E-state index in [1.165, 1.54) is 0 Å². The second-order valence-corrected chi connectivity index (χ2v) is 7.46. The molecule has 0 atom stereocenters. The molecule has 2 aromatic rings. The highest BCUT2D eigenvalue weighted by molar-refractivity contribution is 5.92. The molecule has 1 aromatic carbocycles. The first kappa shape index (κ1) is 18.5. The molecule has 7 nitrogen and oxygen atoms in total. The van der Waals surface area contributed by atoms with E-state index in [9.17, 15) is 9.59 Å². The second-order valence-electron chi connectivity index (χ2n) is 7.46. The van der Waals surface area contributed by atoms with Gasteiger partial charge < -0.3 is 14.5 Å². The van der Waals surface area contributed by atoms with E-state index < -0.39 is 0 Å². The SMILES string of the molecule is CCOC(=O)N1CCN(C(=O)c2cc(C3CC3)n(-c3cccc(C)c3)n2)CC1. The molecule has 1 aliphatic carbocycles. The predicted molar refractivity (Wildman–Crippen MR) is 105 cm³/mol. The second kappa shape index (κ2) is 7.66. The summed E-state index contributed by atoms with van der Waals surface area (Å²) in [6.07, 6.45) is 1.97. The van der Waals surface area contributed by atoms with Gasteiger partial charge in [-0.15, -0.1) is 0 Å². The fraction of sp³-hybridized carbons (Fsp3) is 0.476. The molecule has 0 unspecified atom stereocenters. The lowest BCUT2D eigenvalue weighted by Gasteiger charge is -2.33. The summed E-state index contributed by atoms with van der Waals surface area (Å²) < 4.78 is 6.96. The van der Waals surface area contributed by atoms with Gasteiger partial charge in [-0.25, -0.2) is 9.48 Å². The highest BCUT2D eigenvalue weighted by Crippen LogP contribution is 2.41. The molecule has 0 radical (unpaired) electrons. The normalized spacial score (nSPS) is 16.9. The molecule has 1 saturated carbocycles. The highest BCUT2D eigenvalue weighted by Gasteiger charge is 2.32. The van der Waals surface area contributed by atoms with Crippen molar-refractivity contribution in [3.05, 3.63) is 47.3 Å². The van der Waals surface area contributed by atoms with Crippen LogP contribution in [0, 0.1) is 6.92 Å². The minimum absolute atomic E-state index is 0.0724. The third-order valence-electron chi connectivity index (χ3n) is 5.29. The maximum atomic E-state index is 13.0. The van der Waals surface area contributed by atoms with Crippen molar-refractivity contribution >= 4 is 12.0 Å². The largest absolute Gasteiger partial charge is 0.450 e. The monoisotopic (exact) mass is 382 g/mol. The molecule has 0 N–H and O–H groups in total. The lowest BCUT2D eigenvalue weighted by molar-refractivity contribution is 0.0565. The van der Waals surface area contributed by atoms with Crippen LogP contribution in [0.1, 0.15) is 47.4 Å². The number of benzene rings is 1. The Hall–Kier alpha value is -2.83. The summed E-state index contributed by atoms with van der Waals surface area (Å²) in [5.74, 6) is 0.409. The summed E-state index contributed by atoms with van der Waals surface area (Å²) in [5.41, 5.74) is 3.75. The number of amides is 2. The first-order valence-corrected chi connectivity index (χ1v) is 9.94. The van der Waals surface area contributed by atoms with Crippen molar-refractivity contribution in [1.29, 1.82) is 0 Å². The maximum Gasteiger partial charge on any atom is 0.409 e. The molecule has 2 aliphatic rings. The van der Waals surface area contributed by atoms with Crippen LogP contribution in [-0.4, -0.2) is 64.4 Å². The number of piperazine rings is 1. The summed E-state index contributed by atoms with van der Waals surface area (Å²) >= 11 is 0.